The zero-order valence-electron chi connectivity index (χ0n) is 9.86. The number of rotatable bonds is 2. The third-order valence-corrected chi connectivity index (χ3v) is 3.59. The van der Waals surface area contributed by atoms with E-state index in [9.17, 15) is 4.79 Å². The molecular formula is C12H18N2O2. The van der Waals surface area contributed by atoms with Gasteiger partial charge in [-0.25, -0.2) is 9.78 Å². The van der Waals surface area contributed by atoms with E-state index in [1.54, 1.807) is 0 Å². The molecule has 1 N–H and O–H groups in total. The van der Waals surface area contributed by atoms with Crippen LogP contribution in [0.5, 0.6) is 0 Å². The Kier molecular flexibility index (Phi) is 2.99. The van der Waals surface area contributed by atoms with Crippen LogP contribution in [0.2, 0.25) is 0 Å². The number of nitrogens with zero attached hydrogens (tertiary/aromatic N) is 2. The highest BCUT2D eigenvalue weighted by atomic mass is 16.4. The van der Waals surface area contributed by atoms with Crippen molar-refractivity contribution in [3.8, 4) is 0 Å². The molecular weight excluding hydrogens is 204 g/mol. The largest absolute Gasteiger partial charge is 0.476 e. The second-order valence-electron chi connectivity index (χ2n) is 4.60. The standard InChI is InChI=1S/C12H18N2O2/c1-8-10(12(15)16)13-11(14(8)2)9-6-4-3-5-7-9/h9H,3-7H2,1-2H3,(H,15,16). The molecule has 2 rings (SSSR count). The summed E-state index contributed by atoms with van der Waals surface area (Å²) in [5.41, 5.74) is 0.969. The third kappa shape index (κ3) is 1.84. The van der Waals surface area contributed by atoms with Gasteiger partial charge in [-0.1, -0.05) is 19.3 Å². The summed E-state index contributed by atoms with van der Waals surface area (Å²) >= 11 is 0. The quantitative estimate of drug-likeness (QED) is 0.836. The Bertz CT molecular complexity index is 403. The SMILES string of the molecule is Cc1c(C(=O)O)nc(C2CCCCC2)n1C. The predicted molar refractivity (Wildman–Crippen MR) is 60.7 cm³/mol. The first-order valence-corrected chi connectivity index (χ1v) is 5.87. The van der Waals surface area contributed by atoms with Gasteiger partial charge in [0.1, 0.15) is 5.82 Å². The van der Waals surface area contributed by atoms with E-state index < -0.39 is 5.97 Å². The molecule has 0 atom stereocenters. The summed E-state index contributed by atoms with van der Waals surface area (Å²) < 4.78 is 1.94. The van der Waals surface area contributed by atoms with E-state index in [2.05, 4.69) is 4.98 Å². The Labute approximate surface area is 95.3 Å². The minimum Gasteiger partial charge on any atom is -0.476 e. The van der Waals surface area contributed by atoms with Crippen molar-refractivity contribution in [1.82, 2.24) is 9.55 Å². The van der Waals surface area contributed by atoms with E-state index in [1.165, 1.54) is 19.3 Å². The summed E-state index contributed by atoms with van der Waals surface area (Å²) in [6.45, 7) is 1.82. The fourth-order valence-corrected chi connectivity index (χ4v) is 2.53. The molecule has 1 aromatic heterocycles. The summed E-state index contributed by atoms with van der Waals surface area (Å²) in [5.74, 6) is 0.482. The molecule has 1 fully saturated rings. The van der Waals surface area contributed by atoms with Crippen LogP contribution in [-0.2, 0) is 7.05 Å². The molecule has 1 aromatic rings. The van der Waals surface area contributed by atoms with E-state index in [1.807, 2.05) is 18.5 Å². The van der Waals surface area contributed by atoms with Gasteiger partial charge in [-0.2, -0.15) is 0 Å². The van der Waals surface area contributed by atoms with Gasteiger partial charge >= 0.3 is 5.97 Å². The van der Waals surface area contributed by atoms with Gasteiger partial charge in [0.25, 0.3) is 0 Å². The maximum atomic E-state index is 11.0. The number of aromatic carboxylic acids is 1. The van der Waals surface area contributed by atoms with Crippen LogP contribution in [0.3, 0.4) is 0 Å². The lowest BCUT2D eigenvalue weighted by Crippen LogP contribution is -2.10. The number of hydrogen-bond donors (Lipinski definition) is 1. The van der Waals surface area contributed by atoms with E-state index in [0.717, 1.165) is 24.4 Å². The molecule has 1 aliphatic rings. The number of hydrogen-bond acceptors (Lipinski definition) is 2. The molecule has 0 spiro atoms. The number of carboxylic acid groups (broad SMARTS) is 1. The summed E-state index contributed by atoms with van der Waals surface area (Å²) in [6.07, 6.45) is 6.05. The van der Waals surface area contributed by atoms with Crippen LogP contribution < -0.4 is 0 Å². The molecule has 0 bridgehead atoms. The summed E-state index contributed by atoms with van der Waals surface area (Å²) in [5, 5.41) is 9.03. The van der Waals surface area contributed by atoms with Crippen LogP contribution in [0.1, 0.15) is 60.0 Å². The molecule has 0 radical (unpaired) electrons. The molecule has 0 unspecified atom stereocenters. The zero-order chi connectivity index (χ0) is 11.7. The summed E-state index contributed by atoms with van der Waals surface area (Å²) in [6, 6.07) is 0. The van der Waals surface area contributed by atoms with Gasteiger partial charge in [0.05, 0.1) is 0 Å². The van der Waals surface area contributed by atoms with Crippen molar-refractivity contribution in [2.75, 3.05) is 0 Å². The molecule has 0 aliphatic heterocycles. The van der Waals surface area contributed by atoms with Crippen molar-refractivity contribution in [1.29, 1.82) is 0 Å². The van der Waals surface area contributed by atoms with Gasteiger partial charge in [0, 0.05) is 18.7 Å². The molecule has 4 heteroatoms. The highest BCUT2D eigenvalue weighted by Crippen LogP contribution is 2.32. The highest BCUT2D eigenvalue weighted by molar-refractivity contribution is 5.86. The minimum atomic E-state index is -0.921. The molecule has 1 aliphatic carbocycles. The molecule has 1 heterocycles. The lowest BCUT2D eigenvalue weighted by molar-refractivity contribution is 0.0690. The van der Waals surface area contributed by atoms with Crippen molar-refractivity contribution < 1.29 is 9.90 Å². The van der Waals surface area contributed by atoms with Crippen molar-refractivity contribution in [3.05, 3.63) is 17.2 Å². The number of aromatic nitrogens is 2. The molecule has 0 saturated heterocycles. The Morgan fingerprint density at radius 3 is 2.50 bits per heavy atom. The summed E-state index contributed by atoms with van der Waals surface area (Å²) in [7, 11) is 1.92. The second kappa shape index (κ2) is 4.28. The molecule has 0 aromatic carbocycles. The van der Waals surface area contributed by atoms with Crippen molar-refractivity contribution in [3.63, 3.8) is 0 Å². The monoisotopic (exact) mass is 222 g/mol. The Balaban J connectivity index is 2.33. The Morgan fingerprint density at radius 2 is 2.00 bits per heavy atom. The van der Waals surface area contributed by atoms with E-state index >= 15 is 0 Å². The normalized spacial score (nSPS) is 17.6. The Morgan fingerprint density at radius 1 is 1.38 bits per heavy atom. The number of carboxylic acids is 1. The lowest BCUT2D eigenvalue weighted by atomic mass is 9.89. The first kappa shape index (κ1) is 11.2. The molecule has 88 valence electrons. The van der Waals surface area contributed by atoms with Crippen LogP contribution >= 0.6 is 0 Å². The van der Waals surface area contributed by atoms with E-state index in [-0.39, 0.29) is 5.69 Å². The van der Waals surface area contributed by atoms with Gasteiger partial charge < -0.3 is 9.67 Å². The van der Waals surface area contributed by atoms with Gasteiger partial charge in [-0.15, -0.1) is 0 Å². The fraction of sp³-hybridized carbons (Fsp3) is 0.667. The van der Waals surface area contributed by atoms with E-state index in [4.69, 9.17) is 5.11 Å². The van der Waals surface area contributed by atoms with Gasteiger partial charge in [0.15, 0.2) is 5.69 Å². The zero-order valence-corrected chi connectivity index (χ0v) is 9.86. The minimum absolute atomic E-state index is 0.211. The maximum absolute atomic E-state index is 11.0. The first-order chi connectivity index (χ1) is 7.61. The van der Waals surface area contributed by atoms with Gasteiger partial charge in [0.2, 0.25) is 0 Å². The van der Waals surface area contributed by atoms with E-state index in [0.29, 0.717) is 5.92 Å². The summed E-state index contributed by atoms with van der Waals surface area (Å²) in [4.78, 5) is 15.3. The molecule has 1 saturated carbocycles. The number of carbonyl (C=O) groups is 1. The third-order valence-electron chi connectivity index (χ3n) is 3.59. The maximum Gasteiger partial charge on any atom is 0.356 e. The smallest absolute Gasteiger partial charge is 0.356 e. The van der Waals surface area contributed by atoms with Crippen molar-refractivity contribution in [2.24, 2.45) is 7.05 Å². The topological polar surface area (TPSA) is 55.1 Å². The van der Waals surface area contributed by atoms with Crippen LogP contribution in [0.15, 0.2) is 0 Å². The Hall–Kier alpha value is -1.32. The van der Waals surface area contributed by atoms with Crippen LogP contribution in [0.25, 0.3) is 0 Å². The average Bonchev–Trinajstić information content (AvgIpc) is 2.58. The van der Waals surface area contributed by atoms with Crippen LogP contribution in [-0.4, -0.2) is 20.6 Å². The first-order valence-electron chi connectivity index (χ1n) is 5.87. The molecule has 0 amide bonds. The predicted octanol–water partition coefficient (Wildman–Crippen LogP) is 2.47. The van der Waals surface area contributed by atoms with Gasteiger partial charge in [-0.3, -0.25) is 0 Å². The van der Waals surface area contributed by atoms with Crippen molar-refractivity contribution in [2.45, 2.75) is 44.9 Å². The molecule has 16 heavy (non-hydrogen) atoms. The van der Waals surface area contributed by atoms with Crippen LogP contribution in [0.4, 0.5) is 0 Å². The van der Waals surface area contributed by atoms with Crippen LogP contribution in [0, 0.1) is 6.92 Å². The average molecular weight is 222 g/mol. The van der Waals surface area contributed by atoms with Crippen molar-refractivity contribution >= 4 is 5.97 Å². The highest BCUT2D eigenvalue weighted by Gasteiger charge is 2.24. The number of imidazole rings is 1. The lowest BCUT2D eigenvalue weighted by Gasteiger charge is -2.21. The second-order valence-corrected chi connectivity index (χ2v) is 4.60. The van der Waals surface area contributed by atoms with Gasteiger partial charge in [-0.05, 0) is 19.8 Å². The molecule has 4 nitrogen and oxygen atoms in total. The fourth-order valence-electron chi connectivity index (χ4n) is 2.53.